The lowest BCUT2D eigenvalue weighted by Crippen LogP contribution is -2.37. The fourth-order valence-electron chi connectivity index (χ4n) is 4.05. The van der Waals surface area contributed by atoms with Crippen molar-refractivity contribution in [3.05, 3.63) is 58.4 Å². The van der Waals surface area contributed by atoms with Gasteiger partial charge < -0.3 is 9.80 Å². The Morgan fingerprint density at radius 3 is 2.35 bits per heavy atom. The van der Waals surface area contributed by atoms with Crippen LogP contribution < -0.4 is 0 Å². The van der Waals surface area contributed by atoms with E-state index in [1.807, 2.05) is 57.0 Å². The molecule has 0 atom stereocenters. The van der Waals surface area contributed by atoms with E-state index in [-0.39, 0.29) is 10.8 Å². The van der Waals surface area contributed by atoms with Crippen LogP contribution in [0.3, 0.4) is 0 Å². The van der Waals surface area contributed by atoms with Crippen molar-refractivity contribution in [3.8, 4) is 0 Å². The summed E-state index contributed by atoms with van der Waals surface area (Å²) in [7, 11) is -1.94. The average Bonchev–Trinajstić information content (AvgIpc) is 3.05. The van der Waals surface area contributed by atoms with Crippen molar-refractivity contribution in [2.75, 3.05) is 26.2 Å². The van der Waals surface area contributed by atoms with Gasteiger partial charge in [0.2, 0.25) is 0 Å². The average molecular weight is 442 g/mol. The van der Waals surface area contributed by atoms with E-state index in [0.717, 1.165) is 17.7 Å². The van der Waals surface area contributed by atoms with Gasteiger partial charge in [-0.2, -0.15) is 13.5 Å². The van der Waals surface area contributed by atoms with E-state index in [1.54, 1.807) is 15.6 Å². The minimum Gasteiger partial charge on any atom is -0.354 e. The second kappa shape index (κ2) is 7.96. The van der Waals surface area contributed by atoms with Gasteiger partial charge in [0.1, 0.15) is 10.7 Å². The maximum Gasteiger partial charge on any atom is 0.285 e. The molecule has 1 aromatic heterocycles. The molecular formula is C22H27N5O3S. The van der Waals surface area contributed by atoms with Crippen LogP contribution in [0.15, 0.2) is 40.3 Å². The predicted molar refractivity (Wildman–Crippen MR) is 120 cm³/mol. The van der Waals surface area contributed by atoms with Crippen molar-refractivity contribution in [3.63, 3.8) is 0 Å². The lowest BCUT2D eigenvalue weighted by atomic mass is 10.1. The van der Waals surface area contributed by atoms with Crippen molar-refractivity contribution in [1.82, 2.24) is 19.6 Å². The van der Waals surface area contributed by atoms with Gasteiger partial charge in [-0.25, -0.2) is 0 Å². The van der Waals surface area contributed by atoms with E-state index < -0.39 is 10.0 Å². The second-order valence-corrected chi connectivity index (χ2v) is 9.68. The molecule has 1 amide bonds. The molecule has 2 aliphatic rings. The molecule has 0 radical (unpaired) electrons. The summed E-state index contributed by atoms with van der Waals surface area (Å²) < 4.78 is 31.5. The molecule has 0 N–H and O–H groups in total. The van der Waals surface area contributed by atoms with E-state index >= 15 is 0 Å². The third-order valence-electron chi connectivity index (χ3n) is 5.87. The zero-order chi connectivity index (χ0) is 22.3. The van der Waals surface area contributed by atoms with Crippen LogP contribution in [0.5, 0.6) is 0 Å². The molecule has 8 nitrogen and oxygen atoms in total. The van der Waals surface area contributed by atoms with Gasteiger partial charge in [-0.05, 0) is 38.8 Å². The molecule has 0 unspecified atom stereocenters. The number of carbonyl (C=O) groups excluding carboxylic acids is 1. The third kappa shape index (κ3) is 4.01. The van der Waals surface area contributed by atoms with Crippen molar-refractivity contribution in [1.29, 1.82) is 0 Å². The molecule has 3 heterocycles. The van der Waals surface area contributed by atoms with E-state index in [0.29, 0.717) is 48.8 Å². The maximum atomic E-state index is 12.9. The summed E-state index contributed by atoms with van der Waals surface area (Å²) in [6, 6.07) is 9.23. The number of hydrogen-bond donors (Lipinski definition) is 0. The van der Waals surface area contributed by atoms with Crippen molar-refractivity contribution < 1.29 is 13.2 Å². The number of hydrogen-bond acceptors (Lipinski definition) is 5. The molecule has 2 aliphatic heterocycles. The van der Waals surface area contributed by atoms with Gasteiger partial charge in [-0.3, -0.25) is 9.48 Å². The summed E-state index contributed by atoms with van der Waals surface area (Å²) in [6.07, 6.45) is 0.726. The van der Waals surface area contributed by atoms with Crippen molar-refractivity contribution in [2.24, 2.45) is 11.4 Å². The number of aromatic nitrogens is 2. The predicted octanol–water partition coefficient (Wildman–Crippen LogP) is 2.36. The van der Waals surface area contributed by atoms with Crippen molar-refractivity contribution in [2.45, 2.75) is 27.2 Å². The van der Waals surface area contributed by atoms with Gasteiger partial charge in [-0.1, -0.05) is 29.8 Å². The van der Waals surface area contributed by atoms with Crippen LogP contribution in [-0.2, 0) is 17.1 Å². The zero-order valence-corrected chi connectivity index (χ0v) is 19.1. The number of sulfonamides is 1. The smallest absolute Gasteiger partial charge is 0.285 e. The highest BCUT2D eigenvalue weighted by Crippen LogP contribution is 2.34. The highest BCUT2D eigenvalue weighted by atomic mass is 32.2. The molecule has 0 bridgehead atoms. The molecule has 2 aromatic rings. The molecule has 0 aliphatic carbocycles. The van der Waals surface area contributed by atoms with E-state index in [4.69, 9.17) is 0 Å². The van der Waals surface area contributed by atoms with Crippen molar-refractivity contribution >= 4 is 26.7 Å². The third-order valence-corrected chi connectivity index (χ3v) is 7.34. The molecule has 31 heavy (non-hydrogen) atoms. The van der Waals surface area contributed by atoms with Crippen LogP contribution in [-0.4, -0.2) is 65.9 Å². The number of nitrogens with zero attached hydrogens (tertiary/aromatic N) is 5. The Morgan fingerprint density at radius 2 is 1.71 bits per heavy atom. The van der Waals surface area contributed by atoms with E-state index in [2.05, 4.69) is 9.50 Å². The van der Waals surface area contributed by atoms with Gasteiger partial charge in [0.05, 0.1) is 0 Å². The fraction of sp³-hybridized carbons (Fsp3) is 0.409. The Balaban J connectivity index is 1.55. The Morgan fingerprint density at radius 1 is 1.00 bits per heavy atom. The van der Waals surface area contributed by atoms with Gasteiger partial charge in [0, 0.05) is 44.5 Å². The van der Waals surface area contributed by atoms with Crippen LogP contribution in [0, 0.1) is 13.8 Å². The maximum absolute atomic E-state index is 12.9. The molecular weight excluding hydrogens is 414 g/mol. The molecule has 1 fully saturated rings. The highest BCUT2D eigenvalue weighted by Gasteiger charge is 2.34. The van der Waals surface area contributed by atoms with Crippen LogP contribution >= 0.6 is 0 Å². The number of rotatable bonds is 2. The standard InChI is InChI=1S/C22H27N5O3S/c1-15-6-8-18(9-7-15)20-17(3)21(24-31(20,29)30)26-10-5-11-27(13-12-26)22(28)19-14-16(2)25(4)23-19/h6-9,14H,5,10-13H2,1-4H3. The Labute approximate surface area is 182 Å². The number of aryl methyl sites for hydroxylation is 3. The molecule has 4 rings (SSSR count). The number of benzene rings is 1. The summed E-state index contributed by atoms with van der Waals surface area (Å²) in [5.74, 6) is 0.387. The second-order valence-electron chi connectivity index (χ2n) is 8.14. The van der Waals surface area contributed by atoms with Gasteiger partial charge in [0.15, 0.2) is 5.69 Å². The molecule has 1 saturated heterocycles. The Bertz CT molecular complexity index is 1170. The zero-order valence-electron chi connectivity index (χ0n) is 18.3. The van der Waals surface area contributed by atoms with E-state index in [1.165, 1.54) is 0 Å². The fourth-order valence-corrected chi connectivity index (χ4v) is 5.53. The molecule has 1 aromatic carbocycles. The quantitative estimate of drug-likeness (QED) is 0.714. The van der Waals surface area contributed by atoms with Gasteiger partial charge in [-0.15, -0.1) is 4.40 Å². The summed E-state index contributed by atoms with van der Waals surface area (Å²) in [5.41, 5.74) is 3.74. The molecule has 164 valence electrons. The first-order valence-electron chi connectivity index (χ1n) is 10.4. The van der Waals surface area contributed by atoms with Gasteiger partial charge in [0.25, 0.3) is 15.9 Å². The SMILES string of the molecule is CC1=C(c2ccc(C)cc2)S(=O)(=O)N=C1N1CCCN(C(=O)c2cc(C)n(C)n2)CC1. The van der Waals surface area contributed by atoms with Crippen LogP contribution in [0.1, 0.15) is 40.7 Å². The monoisotopic (exact) mass is 441 g/mol. The summed E-state index contributed by atoms with van der Waals surface area (Å²) in [5, 5.41) is 4.29. The topological polar surface area (TPSA) is 87.9 Å². The minimum atomic E-state index is -3.75. The first kappa shape index (κ1) is 21.3. The van der Waals surface area contributed by atoms with Crippen LogP contribution in [0.2, 0.25) is 0 Å². The first-order chi connectivity index (χ1) is 14.7. The summed E-state index contributed by atoms with van der Waals surface area (Å²) in [6.45, 7) is 7.92. The molecule has 9 heteroatoms. The first-order valence-corrected chi connectivity index (χ1v) is 11.8. The van der Waals surface area contributed by atoms with Gasteiger partial charge >= 0.3 is 0 Å². The number of amides is 1. The highest BCUT2D eigenvalue weighted by molar-refractivity contribution is 8.00. The Kier molecular flexibility index (Phi) is 5.47. The molecule has 0 spiro atoms. The lowest BCUT2D eigenvalue weighted by Gasteiger charge is -2.23. The summed E-state index contributed by atoms with van der Waals surface area (Å²) >= 11 is 0. The normalized spacial score (nSPS) is 18.9. The largest absolute Gasteiger partial charge is 0.354 e. The lowest BCUT2D eigenvalue weighted by molar-refractivity contribution is 0.0757. The van der Waals surface area contributed by atoms with Crippen LogP contribution in [0.4, 0.5) is 0 Å². The summed E-state index contributed by atoms with van der Waals surface area (Å²) in [4.78, 5) is 16.9. The number of amidine groups is 1. The number of carbonyl (C=O) groups is 1. The minimum absolute atomic E-state index is 0.0980. The van der Waals surface area contributed by atoms with E-state index in [9.17, 15) is 13.2 Å². The Hall–Kier alpha value is -2.94. The molecule has 0 saturated carbocycles. The van der Waals surface area contributed by atoms with Crippen LogP contribution in [0.25, 0.3) is 4.91 Å².